The van der Waals surface area contributed by atoms with E-state index in [4.69, 9.17) is 5.73 Å². The predicted molar refractivity (Wildman–Crippen MR) is 160 cm³/mol. The average molecular weight is 585 g/mol. The van der Waals surface area contributed by atoms with Crippen molar-refractivity contribution in [2.45, 2.75) is 36.4 Å². The number of nitrogens with two attached hydrogens (primary N) is 1. The summed E-state index contributed by atoms with van der Waals surface area (Å²) in [6.45, 7) is 2.00. The number of amides is 1. The normalized spacial score (nSPS) is 17.2. The molecule has 0 bridgehead atoms. The molecule has 1 unspecified atom stereocenters. The van der Waals surface area contributed by atoms with Crippen molar-refractivity contribution >= 4 is 67.7 Å². The summed E-state index contributed by atoms with van der Waals surface area (Å²) in [6.07, 6.45) is 1.79. The van der Waals surface area contributed by atoms with Crippen molar-refractivity contribution < 1.29 is 9.59 Å². The van der Waals surface area contributed by atoms with Gasteiger partial charge in [-0.25, -0.2) is 0 Å². The van der Waals surface area contributed by atoms with Gasteiger partial charge >= 0.3 is 0 Å². The number of aromatic nitrogens is 2. The van der Waals surface area contributed by atoms with Gasteiger partial charge < -0.3 is 11.1 Å². The molecule has 0 saturated heterocycles. The van der Waals surface area contributed by atoms with Crippen LogP contribution in [0.4, 0.5) is 10.8 Å². The smallest absolute Gasteiger partial charge is 0.234 e. The molecule has 40 heavy (non-hydrogen) atoms. The van der Waals surface area contributed by atoms with Crippen LogP contribution in [0.25, 0.3) is 10.8 Å². The fourth-order valence-corrected chi connectivity index (χ4v) is 7.88. The molecule has 11 heteroatoms. The molecule has 3 heterocycles. The number of nitriles is 1. The van der Waals surface area contributed by atoms with Crippen LogP contribution in [-0.4, -0.2) is 27.6 Å². The molecule has 0 saturated carbocycles. The Bertz CT molecular complexity index is 1760. The van der Waals surface area contributed by atoms with E-state index in [1.807, 2.05) is 61.5 Å². The van der Waals surface area contributed by atoms with E-state index in [9.17, 15) is 14.9 Å². The van der Waals surface area contributed by atoms with Crippen molar-refractivity contribution in [3.05, 3.63) is 87.0 Å². The van der Waals surface area contributed by atoms with Crippen molar-refractivity contribution in [3.63, 3.8) is 0 Å². The summed E-state index contributed by atoms with van der Waals surface area (Å²) < 4.78 is 0.592. The van der Waals surface area contributed by atoms with Crippen molar-refractivity contribution in [2.75, 3.05) is 16.0 Å². The number of anilines is 2. The molecule has 0 radical (unpaired) electrons. The molecule has 2 aliphatic rings. The maximum Gasteiger partial charge on any atom is 0.234 e. The molecule has 200 valence electrons. The number of nitrogens with one attached hydrogen (secondary N) is 1. The summed E-state index contributed by atoms with van der Waals surface area (Å²) in [6, 6.07) is 19.9. The molecule has 1 amide bonds. The number of fused-ring (bicyclic) bond motifs is 1. The number of nitrogens with zero attached hydrogens (tertiary/aromatic N) is 4. The Kier molecular flexibility index (Phi) is 7.14. The monoisotopic (exact) mass is 584 g/mol. The minimum atomic E-state index is -0.470. The van der Waals surface area contributed by atoms with E-state index in [0.717, 1.165) is 31.9 Å². The first kappa shape index (κ1) is 26.3. The van der Waals surface area contributed by atoms with Crippen LogP contribution in [0.1, 0.15) is 34.9 Å². The zero-order valence-electron chi connectivity index (χ0n) is 21.5. The van der Waals surface area contributed by atoms with E-state index in [0.29, 0.717) is 39.9 Å². The number of thiophene rings is 1. The Morgan fingerprint density at radius 2 is 1.98 bits per heavy atom. The van der Waals surface area contributed by atoms with Gasteiger partial charge in [-0.15, -0.1) is 21.5 Å². The van der Waals surface area contributed by atoms with Gasteiger partial charge in [-0.05, 0) is 43.4 Å². The number of carbonyl (C=O) groups excluding carboxylic acids is 2. The second-order valence-electron chi connectivity index (χ2n) is 9.48. The van der Waals surface area contributed by atoms with Gasteiger partial charge in [-0.3, -0.25) is 14.5 Å². The predicted octanol–water partition coefficient (Wildman–Crippen LogP) is 6.10. The standard InChI is InChI=1S/C29H24N6O2S3/c1-16-12-13-23(39-16)25-19(14-30)27(31)35(21-10-5-11-22(36)26(21)25)28-33-34-29(40-28)38-15-24(37)32-20-9-4-7-17-6-2-3-8-18(17)20/h2-4,6-9,12-13,25H,5,10-11,15,31H2,1H3,(H,32,37). The molecular formula is C29H24N6O2S3. The Morgan fingerprint density at radius 3 is 2.77 bits per heavy atom. The number of aryl methyl sites for hydroxylation is 1. The van der Waals surface area contributed by atoms with Crippen LogP contribution in [0.5, 0.6) is 0 Å². The van der Waals surface area contributed by atoms with Crippen LogP contribution in [-0.2, 0) is 9.59 Å². The van der Waals surface area contributed by atoms with Gasteiger partial charge in [0.15, 0.2) is 10.1 Å². The van der Waals surface area contributed by atoms with E-state index in [1.54, 1.807) is 16.2 Å². The Morgan fingerprint density at radius 1 is 1.15 bits per heavy atom. The van der Waals surface area contributed by atoms with Gasteiger partial charge in [0.25, 0.3) is 0 Å². The number of thioether (sulfide) groups is 1. The van der Waals surface area contributed by atoms with Crippen LogP contribution < -0.4 is 16.0 Å². The first-order valence-electron chi connectivity index (χ1n) is 12.7. The highest BCUT2D eigenvalue weighted by Crippen LogP contribution is 2.48. The highest BCUT2D eigenvalue weighted by atomic mass is 32.2. The van der Waals surface area contributed by atoms with Crippen molar-refractivity contribution in [2.24, 2.45) is 5.73 Å². The molecule has 0 fully saturated rings. The summed E-state index contributed by atoms with van der Waals surface area (Å²) in [5.41, 5.74) is 9.13. The highest BCUT2D eigenvalue weighted by Gasteiger charge is 2.41. The second-order valence-corrected chi connectivity index (χ2v) is 13.0. The lowest BCUT2D eigenvalue weighted by atomic mass is 9.78. The number of hydrogen-bond acceptors (Lipinski definition) is 10. The molecule has 2 aromatic carbocycles. The molecule has 8 nitrogen and oxygen atoms in total. The van der Waals surface area contributed by atoms with Gasteiger partial charge in [-0.2, -0.15) is 5.26 Å². The first-order chi connectivity index (χ1) is 19.4. The summed E-state index contributed by atoms with van der Waals surface area (Å²) in [4.78, 5) is 29.8. The highest BCUT2D eigenvalue weighted by molar-refractivity contribution is 8.01. The summed E-state index contributed by atoms with van der Waals surface area (Å²) in [7, 11) is 0. The topological polar surface area (TPSA) is 125 Å². The summed E-state index contributed by atoms with van der Waals surface area (Å²) >= 11 is 4.14. The molecule has 2 aromatic heterocycles. The number of carbonyl (C=O) groups is 2. The van der Waals surface area contributed by atoms with Gasteiger partial charge in [0.2, 0.25) is 11.0 Å². The number of ketones is 1. The summed E-state index contributed by atoms with van der Waals surface area (Å²) in [5.74, 6) is -0.166. The van der Waals surface area contributed by atoms with Crippen molar-refractivity contribution in [1.29, 1.82) is 5.26 Å². The van der Waals surface area contributed by atoms with Gasteiger partial charge in [0.1, 0.15) is 5.82 Å². The Balaban J connectivity index is 1.25. The molecule has 6 rings (SSSR count). The van der Waals surface area contributed by atoms with E-state index in [-0.39, 0.29) is 23.3 Å². The number of Topliss-reactive ketones (excluding diaryl/α,β-unsaturated/α-hetero) is 1. The van der Waals surface area contributed by atoms with Crippen LogP contribution in [0.2, 0.25) is 0 Å². The fraction of sp³-hybridized carbons (Fsp3) is 0.207. The molecular weight excluding hydrogens is 561 g/mol. The van der Waals surface area contributed by atoms with Crippen LogP contribution in [0.3, 0.4) is 0 Å². The zero-order valence-corrected chi connectivity index (χ0v) is 24.0. The third kappa shape index (κ3) is 4.79. The molecule has 1 aliphatic heterocycles. The zero-order chi connectivity index (χ0) is 27.8. The van der Waals surface area contributed by atoms with E-state index in [2.05, 4.69) is 21.6 Å². The van der Waals surface area contributed by atoms with Gasteiger partial charge in [0, 0.05) is 38.5 Å². The van der Waals surface area contributed by atoms with E-state index < -0.39 is 5.92 Å². The first-order valence-corrected chi connectivity index (χ1v) is 15.3. The Labute approximate surface area is 243 Å². The lowest BCUT2D eigenvalue weighted by molar-refractivity contribution is -0.116. The van der Waals surface area contributed by atoms with Crippen molar-refractivity contribution in [3.8, 4) is 6.07 Å². The van der Waals surface area contributed by atoms with Crippen LogP contribution in [0, 0.1) is 18.3 Å². The van der Waals surface area contributed by atoms with E-state index >= 15 is 0 Å². The quantitative estimate of drug-likeness (QED) is 0.261. The summed E-state index contributed by atoms with van der Waals surface area (Å²) in [5, 5.41) is 24.3. The average Bonchev–Trinajstić information content (AvgIpc) is 3.60. The Hall–Kier alpha value is -3.98. The molecule has 0 spiro atoms. The minimum Gasteiger partial charge on any atom is -0.384 e. The lowest BCUT2D eigenvalue weighted by Gasteiger charge is -2.37. The van der Waals surface area contributed by atoms with Gasteiger partial charge in [0.05, 0.1) is 23.3 Å². The lowest BCUT2D eigenvalue weighted by Crippen LogP contribution is -2.38. The maximum atomic E-state index is 13.2. The third-order valence-corrected chi connectivity index (χ3v) is 10.0. The second kappa shape index (κ2) is 10.9. The largest absolute Gasteiger partial charge is 0.384 e. The van der Waals surface area contributed by atoms with Gasteiger partial charge in [-0.1, -0.05) is 59.5 Å². The third-order valence-electron chi connectivity index (χ3n) is 6.94. The SMILES string of the molecule is Cc1ccc(C2C(C#N)=C(N)N(c3nnc(SCC(=O)Nc4cccc5ccccc45)s3)C3=C2C(=O)CCC3)s1. The maximum absolute atomic E-state index is 13.2. The molecule has 1 atom stereocenters. The molecule has 1 aliphatic carbocycles. The van der Waals surface area contributed by atoms with E-state index in [1.165, 1.54) is 23.1 Å². The van der Waals surface area contributed by atoms with Crippen LogP contribution in [0.15, 0.2) is 81.6 Å². The fourth-order valence-electron chi connectivity index (χ4n) is 5.20. The molecule has 4 aromatic rings. The molecule has 3 N–H and O–H groups in total. The number of benzene rings is 2. The van der Waals surface area contributed by atoms with Crippen molar-refractivity contribution in [1.82, 2.24) is 10.2 Å². The number of allylic oxidation sites excluding steroid dienone is 3. The minimum absolute atomic E-state index is 0.0340. The van der Waals surface area contributed by atoms with Crippen LogP contribution >= 0.6 is 34.4 Å². The number of hydrogen-bond donors (Lipinski definition) is 2. The number of rotatable bonds is 6.